The summed E-state index contributed by atoms with van der Waals surface area (Å²) in [4.78, 5) is 13.3. The van der Waals surface area contributed by atoms with E-state index in [0.29, 0.717) is 18.4 Å². The van der Waals surface area contributed by atoms with Gasteiger partial charge in [-0.3, -0.25) is 4.79 Å². The Balaban J connectivity index is 1.41. The van der Waals surface area contributed by atoms with Crippen molar-refractivity contribution in [3.63, 3.8) is 0 Å². The van der Waals surface area contributed by atoms with Gasteiger partial charge in [0.2, 0.25) is 0 Å². The molecule has 4 nitrogen and oxygen atoms in total. The van der Waals surface area contributed by atoms with Gasteiger partial charge in [-0.2, -0.15) is 0 Å². The third-order valence-corrected chi connectivity index (χ3v) is 5.74. The molecule has 0 aromatic heterocycles. The number of likely N-dealkylation sites (tertiary alicyclic amines) is 1. The molecule has 3 fully saturated rings. The summed E-state index contributed by atoms with van der Waals surface area (Å²) < 4.78 is 6.45. The zero-order valence-electron chi connectivity index (χ0n) is 13.1. The first kappa shape index (κ1) is 15.3. The van der Waals surface area contributed by atoms with Crippen molar-refractivity contribution in [2.24, 2.45) is 5.92 Å². The first-order valence-corrected chi connectivity index (χ1v) is 8.77. The van der Waals surface area contributed by atoms with E-state index in [-0.39, 0.29) is 5.60 Å². The minimum atomic E-state index is -0.646. The molecule has 120 valence electrons. The fourth-order valence-electron chi connectivity index (χ4n) is 4.50. The summed E-state index contributed by atoms with van der Waals surface area (Å²) in [7, 11) is 0. The number of rotatable bonds is 4. The predicted octanol–water partition coefficient (Wildman–Crippen LogP) is 3.06. The number of nitrogens with zero attached hydrogens (tertiary/aromatic N) is 1. The molecule has 2 saturated heterocycles. The number of hydrogen-bond acceptors (Lipinski definition) is 3. The van der Waals surface area contributed by atoms with Crippen LogP contribution in [0.3, 0.4) is 0 Å². The van der Waals surface area contributed by atoms with Gasteiger partial charge in [0.25, 0.3) is 0 Å². The van der Waals surface area contributed by atoms with Crippen LogP contribution in [-0.4, -0.2) is 47.3 Å². The fourth-order valence-corrected chi connectivity index (χ4v) is 4.50. The highest BCUT2D eigenvalue weighted by Gasteiger charge is 2.41. The summed E-state index contributed by atoms with van der Waals surface area (Å²) in [6.45, 7) is 3.15. The largest absolute Gasteiger partial charge is 0.481 e. The third-order valence-electron chi connectivity index (χ3n) is 5.74. The summed E-state index contributed by atoms with van der Waals surface area (Å²) in [6, 6.07) is 0. The third kappa shape index (κ3) is 3.98. The molecule has 1 N–H and O–H groups in total. The van der Waals surface area contributed by atoms with Crippen LogP contribution in [0.25, 0.3) is 0 Å². The number of carboxylic acid groups (broad SMARTS) is 1. The van der Waals surface area contributed by atoms with Gasteiger partial charge in [0.1, 0.15) is 0 Å². The average molecular weight is 295 g/mol. The smallest absolute Gasteiger partial charge is 0.303 e. The van der Waals surface area contributed by atoms with E-state index in [9.17, 15) is 4.79 Å². The van der Waals surface area contributed by atoms with E-state index < -0.39 is 5.97 Å². The first-order chi connectivity index (χ1) is 10.2. The lowest BCUT2D eigenvalue weighted by atomic mass is 9.83. The monoisotopic (exact) mass is 295 g/mol. The van der Waals surface area contributed by atoms with Gasteiger partial charge in [0.15, 0.2) is 0 Å². The standard InChI is InChI=1S/C17H29NO3/c19-16(20)12-14-5-10-18(11-6-14)13-15-4-9-17(21-15)7-2-1-3-8-17/h14-15H,1-13H2,(H,19,20). The molecule has 0 aromatic rings. The van der Waals surface area contributed by atoms with Crippen LogP contribution in [0, 0.1) is 5.92 Å². The molecule has 1 spiro atoms. The maximum atomic E-state index is 10.8. The molecule has 1 unspecified atom stereocenters. The second kappa shape index (κ2) is 6.66. The number of ether oxygens (including phenoxy) is 1. The van der Waals surface area contributed by atoms with Crippen molar-refractivity contribution in [1.82, 2.24) is 4.90 Å². The quantitative estimate of drug-likeness (QED) is 0.866. The number of piperidine rings is 1. The second-order valence-electron chi connectivity index (χ2n) is 7.36. The molecular weight excluding hydrogens is 266 g/mol. The molecule has 1 aliphatic carbocycles. The van der Waals surface area contributed by atoms with Gasteiger partial charge in [0.05, 0.1) is 11.7 Å². The highest BCUT2D eigenvalue weighted by atomic mass is 16.5. The molecule has 2 heterocycles. The maximum Gasteiger partial charge on any atom is 0.303 e. The Kier molecular flexibility index (Phi) is 4.85. The van der Waals surface area contributed by atoms with E-state index in [1.807, 2.05) is 0 Å². The Bertz CT molecular complexity index is 357. The zero-order chi connectivity index (χ0) is 14.7. The normalized spacial score (nSPS) is 30.8. The van der Waals surface area contributed by atoms with Crippen molar-refractivity contribution in [3.8, 4) is 0 Å². The van der Waals surface area contributed by atoms with Gasteiger partial charge in [-0.05, 0) is 57.5 Å². The predicted molar refractivity (Wildman–Crippen MR) is 81.3 cm³/mol. The Labute approximate surface area is 127 Å². The van der Waals surface area contributed by atoms with Crippen LogP contribution in [0.5, 0.6) is 0 Å². The van der Waals surface area contributed by atoms with Crippen LogP contribution in [-0.2, 0) is 9.53 Å². The second-order valence-corrected chi connectivity index (χ2v) is 7.36. The van der Waals surface area contributed by atoms with E-state index in [2.05, 4.69) is 4.90 Å². The highest BCUT2D eigenvalue weighted by molar-refractivity contribution is 5.67. The van der Waals surface area contributed by atoms with E-state index in [1.54, 1.807) is 0 Å². The van der Waals surface area contributed by atoms with Crippen molar-refractivity contribution in [2.45, 2.75) is 75.9 Å². The molecule has 3 rings (SSSR count). The fraction of sp³-hybridized carbons (Fsp3) is 0.941. The number of carboxylic acids is 1. The lowest BCUT2D eigenvalue weighted by Gasteiger charge is -2.36. The molecule has 0 bridgehead atoms. The van der Waals surface area contributed by atoms with E-state index in [4.69, 9.17) is 9.84 Å². The number of carbonyl (C=O) groups is 1. The Morgan fingerprint density at radius 3 is 2.48 bits per heavy atom. The van der Waals surface area contributed by atoms with Crippen LogP contribution in [0.15, 0.2) is 0 Å². The molecule has 2 aliphatic heterocycles. The van der Waals surface area contributed by atoms with Crippen LogP contribution >= 0.6 is 0 Å². The molecule has 21 heavy (non-hydrogen) atoms. The molecule has 3 aliphatic rings. The van der Waals surface area contributed by atoms with Crippen molar-refractivity contribution >= 4 is 5.97 Å². The molecule has 1 saturated carbocycles. The number of aliphatic carboxylic acids is 1. The van der Waals surface area contributed by atoms with Gasteiger partial charge >= 0.3 is 5.97 Å². The molecule has 4 heteroatoms. The average Bonchev–Trinajstić information content (AvgIpc) is 2.84. The minimum absolute atomic E-state index is 0.227. The van der Waals surface area contributed by atoms with Crippen LogP contribution < -0.4 is 0 Å². The van der Waals surface area contributed by atoms with Gasteiger partial charge in [-0.25, -0.2) is 0 Å². The summed E-state index contributed by atoms with van der Waals surface area (Å²) in [5, 5.41) is 8.87. The Morgan fingerprint density at radius 1 is 1.10 bits per heavy atom. The molecular formula is C17H29NO3. The molecule has 0 aromatic carbocycles. The molecule has 0 radical (unpaired) electrons. The summed E-state index contributed by atoms with van der Waals surface area (Å²) in [5.41, 5.74) is 0.227. The van der Waals surface area contributed by atoms with Crippen LogP contribution in [0.4, 0.5) is 0 Å². The Hall–Kier alpha value is -0.610. The van der Waals surface area contributed by atoms with Gasteiger partial charge in [0, 0.05) is 13.0 Å². The number of hydrogen-bond donors (Lipinski definition) is 1. The Morgan fingerprint density at radius 2 is 1.81 bits per heavy atom. The van der Waals surface area contributed by atoms with Crippen molar-refractivity contribution in [2.75, 3.05) is 19.6 Å². The van der Waals surface area contributed by atoms with E-state index >= 15 is 0 Å². The summed E-state index contributed by atoms with van der Waals surface area (Å²) in [5.74, 6) is -0.264. The lowest BCUT2D eigenvalue weighted by Crippen LogP contribution is -2.40. The summed E-state index contributed by atoms with van der Waals surface area (Å²) >= 11 is 0. The topological polar surface area (TPSA) is 49.8 Å². The summed E-state index contributed by atoms with van der Waals surface area (Å²) in [6.07, 6.45) is 11.9. The molecule has 0 amide bonds. The van der Waals surface area contributed by atoms with Gasteiger partial charge in [-0.1, -0.05) is 19.3 Å². The van der Waals surface area contributed by atoms with Crippen LogP contribution in [0.2, 0.25) is 0 Å². The first-order valence-electron chi connectivity index (χ1n) is 8.77. The van der Waals surface area contributed by atoms with Gasteiger partial charge in [-0.15, -0.1) is 0 Å². The molecule has 1 atom stereocenters. The van der Waals surface area contributed by atoms with Gasteiger partial charge < -0.3 is 14.7 Å². The maximum absolute atomic E-state index is 10.8. The van der Waals surface area contributed by atoms with Crippen molar-refractivity contribution < 1.29 is 14.6 Å². The minimum Gasteiger partial charge on any atom is -0.481 e. The van der Waals surface area contributed by atoms with E-state index in [0.717, 1.165) is 32.5 Å². The van der Waals surface area contributed by atoms with Crippen LogP contribution in [0.1, 0.15) is 64.2 Å². The SMILES string of the molecule is O=C(O)CC1CCN(CC2CCC3(CCCCC3)O2)CC1. The highest BCUT2D eigenvalue weighted by Crippen LogP contribution is 2.42. The van der Waals surface area contributed by atoms with Crippen molar-refractivity contribution in [3.05, 3.63) is 0 Å². The van der Waals surface area contributed by atoms with Crippen molar-refractivity contribution in [1.29, 1.82) is 0 Å². The van der Waals surface area contributed by atoms with E-state index in [1.165, 1.54) is 44.9 Å². The lowest BCUT2D eigenvalue weighted by molar-refractivity contribution is -0.138. The zero-order valence-corrected chi connectivity index (χ0v) is 13.1.